The predicted octanol–water partition coefficient (Wildman–Crippen LogP) is 4.09. The highest BCUT2D eigenvalue weighted by Crippen LogP contribution is 2.31. The lowest BCUT2D eigenvalue weighted by atomic mass is 10.0. The van der Waals surface area contributed by atoms with Gasteiger partial charge in [-0.05, 0) is 37.0 Å². The molecule has 1 atom stereocenters. The summed E-state index contributed by atoms with van der Waals surface area (Å²) >= 11 is 6.14. The number of halogens is 1. The lowest BCUT2D eigenvalue weighted by molar-refractivity contribution is 0.267. The molecule has 0 amide bonds. The molecule has 0 aliphatic carbocycles. The maximum Gasteiger partial charge on any atom is 0.124 e. The van der Waals surface area contributed by atoms with Crippen molar-refractivity contribution in [2.24, 2.45) is 11.7 Å². The SMILES string of the molecule is CCC(N)c1cc(Cl)c(C)cc1OCC(C)C. The van der Waals surface area contributed by atoms with Gasteiger partial charge in [0.05, 0.1) is 6.61 Å². The molecule has 1 aromatic rings. The van der Waals surface area contributed by atoms with Crippen LogP contribution in [0, 0.1) is 12.8 Å². The van der Waals surface area contributed by atoms with Crippen molar-refractivity contribution in [1.82, 2.24) is 0 Å². The summed E-state index contributed by atoms with van der Waals surface area (Å²) in [6.45, 7) is 8.99. The summed E-state index contributed by atoms with van der Waals surface area (Å²) in [5.74, 6) is 1.37. The summed E-state index contributed by atoms with van der Waals surface area (Å²) in [4.78, 5) is 0. The minimum atomic E-state index is -0.0183. The molecular weight excluding hydrogens is 234 g/mol. The Bertz CT molecular complexity index is 377. The molecule has 1 rings (SSSR count). The van der Waals surface area contributed by atoms with Crippen LogP contribution in [-0.4, -0.2) is 6.61 Å². The van der Waals surface area contributed by atoms with Gasteiger partial charge in [-0.2, -0.15) is 0 Å². The molecule has 3 heteroatoms. The lowest BCUT2D eigenvalue weighted by Gasteiger charge is -2.18. The van der Waals surface area contributed by atoms with Crippen molar-refractivity contribution < 1.29 is 4.74 Å². The first kappa shape index (κ1) is 14.3. The fraction of sp³-hybridized carbons (Fsp3) is 0.571. The Labute approximate surface area is 109 Å². The Morgan fingerprint density at radius 1 is 1.35 bits per heavy atom. The van der Waals surface area contributed by atoms with Gasteiger partial charge in [0, 0.05) is 16.6 Å². The second kappa shape index (κ2) is 6.27. The fourth-order valence-corrected chi connectivity index (χ4v) is 1.73. The van der Waals surface area contributed by atoms with Gasteiger partial charge in [-0.3, -0.25) is 0 Å². The van der Waals surface area contributed by atoms with Gasteiger partial charge in [-0.25, -0.2) is 0 Å². The number of nitrogens with two attached hydrogens (primary N) is 1. The van der Waals surface area contributed by atoms with Gasteiger partial charge in [0.2, 0.25) is 0 Å². The quantitative estimate of drug-likeness (QED) is 0.860. The predicted molar refractivity (Wildman–Crippen MR) is 73.7 cm³/mol. The highest BCUT2D eigenvalue weighted by Gasteiger charge is 2.13. The normalized spacial score (nSPS) is 12.9. The highest BCUT2D eigenvalue weighted by molar-refractivity contribution is 6.31. The molecule has 17 heavy (non-hydrogen) atoms. The van der Waals surface area contributed by atoms with E-state index in [0.29, 0.717) is 12.5 Å². The monoisotopic (exact) mass is 255 g/mol. The summed E-state index contributed by atoms with van der Waals surface area (Å²) in [5.41, 5.74) is 8.11. The van der Waals surface area contributed by atoms with Crippen LogP contribution >= 0.6 is 11.6 Å². The molecule has 0 aromatic heterocycles. The molecule has 1 unspecified atom stereocenters. The van der Waals surface area contributed by atoms with Crippen molar-refractivity contribution in [3.8, 4) is 5.75 Å². The summed E-state index contributed by atoms with van der Waals surface area (Å²) < 4.78 is 5.82. The van der Waals surface area contributed by atoms with Gasteiger partial charge >= 0.3 is 0 Å². The molecule has 0 aliphatic rings. The summed E-state index contributed by atoms with van der Waals surface area (Å²) in [6.07, 6.45) is 0.872. The molecule has 0 saturated heterocycles. The van der Waals surface area contributed by atoms with Crippen LogP contribution in [0.5, 0.6) is 5.75 Å². The fourth-order valence-electron chi connectivity index (χ4n) is 1.56. The molecule has 0 bridgehead atoms. The van der Waals surface area contributed by atoms with E-state index in [1.807, 2.05) is 19.1 Å². The van der Waals surface area contributed by atoms with E-state index >= 15 is 0 Å². The number of hydrogen-bond acceptors (Lipinski definition) is 2. The van der Waals surface area contributed by atoms with E-state index in [1.54, 1.807) is 0 Å². The first-order valence-electron chi connectivity index (χ1n) is 6.14. The van der Waals surface area contributed by atoms with Crippen LogP contribution < -0.4 is 10.5 Å². The van der Waals surface area contributed by atoms with E-state index < -0.39 is 0 Å². The third kappa shape index (κ3) is 3.90. The molecule has 0 aliphatic heterocycles. The average molecular weight is 256 g/mol. The topological polar surface area (TPSA) is 35.2 Å². The van der Waals surface area contributed by atoms with Crippen molar-refractivity contribution in [2.45, 2.75) is 40.2 Å². The van der Waals surface area contributed by atoms with Crippen LogP contribution in [0.4, 0.5) is 0 Å². The van der Waals surface area contributed by atoms with Gasteiger partial charge in [0.15, 0.2) is 0 Å². The van der Waals surface area contributed by atoms with E-state index in [2.05, 4.69) is 20.8 Å². The van der Waals surface area contributed by atoms with Crippen LogP contribution in [0.15, 0.2) is 12.1 Å². The highest BCUT2D eigenvalue weighted by atomic mass is 35.5. The molecule has 0 fully saturated rings. The van der Waals surface area contributed by atoms with E-state index in [1.165, 1.54) is 0 Å². The molecule has 0 spiro atoms. The minimum Gasteiger partial charge on any atom is -0.493 e. The van der Waals surface area contributed by atoms with Crippen molar-refractivity contribution in [3.63, 3.8) is 0 Å². The Morgan fingerprint density at radius 2 is 2.00 bits per heavy atom. The van der Waals surface area contributed by atoms with Gasteiger partial charge in [0.25, 0.3) is 0 Å². The average Bonchev–Trinajstić information content (AvgIpc) is 2.29. The molecule has 0 heterocycles. The van der Waals surface area contributed by atoms with Crippen molar-refractivity contribution >= 4 is 11.6 Å². The molecule has 0 saturated carbocycles. The second-order valence-corrected chi connectivity index (χ2v) is 5.27. The number of ether oxygens (including phenoxy) is 1. The van der Waals surface area contributed by atoms with Crippen LogP contribution in [0.1, 0.15) is 44.4 Å². The molecule has 2 N–H and O–H groups in total. The zero-order chi connectivity index (χ0) is 13.0. The van der Waals surface area contributed by atoms with E-state index in [9.17, 15) is 0 Å². The third-order valence-corrected chi connectivity index (χ3v) is 3.11. The van der Waals surface area contributed by atoms with Crippen LogP contribution in [0.25, 0.3) is 0 Å². The second-order valence-electron chi connectivity index (χ2n) is 4.86. The van der Waals surface area contributed by atoms with E-state index in [-0.39, 0.29) is 6.04 Å². The summed E-state index contributed by atoms with van der Waals surface area (Å²) in [7, 11) is 0. The first-order chi connectivity index (χ1) is 7.95. The molecule has 1 aromatic carbocycles. The largest absolute Gasteiger partial charge is 0.493 e. The Hall–Kier alpha value is -0.730. The maximum atomic E-state index is 6.14. The lowest BCUT2D eigenvalue weighted by Crippen LogP contribution is -2.13. The van der Waals surface area contributed by atoms with Gasteiger partial charge < -0.3 is 10.5 Å². The summed E-state index contributed by atoms with van der Waals surface area (Å²) in [6, 6.07) is 3.89. The van der Waals surface area contributed by atoms with Crippen LogP contribution in [0.3, 0.4) is 0 Å². The summed E-state index contributed by atoms with van der Waals surface area (Å²) in [5, 5.41) is 0.751. The first-order valence-corrected chi connectivity index (χ1v) is 6.51. The molecule has 2 nitrogen and oxygen atoms in total. The smallest absolute Gasteiger partial charge is 0.124 e. The number of aryl methyl sites for hydroxylation is 1. The van der Waals surface area contributed by atoms with Crippen molar-refractivity contribution in [3.05, 3.63) is 28.3 Å². The van der Waals surface area contributed by atoms with Crippen molar-refractivity contribution in [2.75, 3.05) is 6.61 Å². The molecular formula is C14H22ClNO. The van der Waals surface area contributed by atoms with E-state index in [4.69, 9.17) is 22.1 Å². The maximum absolute atomic E-state index is 6.14. The Balaban J connectivity index is 3.03. The van der Waals surface area contributed by atoms with Crippen molar-refractivity contribution in [1.29, 1.82) is 0 Å². The zero-order valence-corrected chi connectivity index (χ0v) is 11.8. The van der Waals surface area contributed by atoms with E-state index in [0.717, 1.165) is 28.3 Å². The minimum absolute atomic E-state index is 0.0183. The van der Waals surface area contributed by atoms with Gasteiger partial charge in [-0.1, -0.05) is 32.4 Å². The third-order valence-electron chi connectivity index (χ3n) is 2.70. The standard InChI is InChI=1S/C14H22ClNO/c1-5-13(16)11-7-12(15)10(4)6-14(11)17-8-9(2)3/h6-7,9,13H,5,8,16H2,1-4H3. The molecule has 0 radical (unpaired) electrons. The van der Waals surface area contributed by atoms with Gasteiger partial charge in [-0.15, -0.1) is 0 Å². The number of benzene rings is 1. The van der Waals surface area contributed by atoms with Crippen LogP contribution in [-0.2, 0) is 0 Å². The number of rotatable bonds is 5. The zero-order valence-electron chi connectivity index (χ0n) is 11.1. The Morgan fingerprint density at radius 3 is 2.53 bits per heavy atom. The van der Waals surface area contributed by atoms with Crippen LogP contribution in [0.2, 0.25) is 5.02 Å². The number of hydrogen-bond donors (Lipinski definition) is 1. The molecule has 96 valence electrons. The Kier molecular flexibility index (Phi) is 5.29. The van der Waals surface area contributed by atoms with Gasteiger partial charge in [0.1, 0.15) is 5.75 Å².